The fraction of sp³-hybridized carbons (Fsp3) is 0.381. The van der Waals surface area contributed by atoms with Gasteiger partial charge in [-0.1, -0.05) is 24.3 Å². The Bertz CT molecular complexity index is 733. The first-order chi connectivity index (χ1) is 12.7. The second-order valence-electron chi connectivity index (χ2n) is 6.61. The molecule has 0 radical (unpaired) electrons. The van der Waals surface area contributed by atoms with Gasteiger partial charge in [-0.25, -0.2) is 4.39 Å². The number of halogens is 1. The topological polar surface area (TPSA) is 55.6 Å². The summed E-state index contributed by atoms with van der Waals surface area (Å²) in [4.78, 5) is 14.8. The molecule has 0 aromatic heterocycles. The van der Waals surface area contributed by atoms with Gasteiger partial charge < -0.3 is 15.4 Å². The fourth-order valence-electron chi connectivity index (χ4n) is 3.45. The second-order valence-corrected chi connectivity index (χ2v) is 6.61. The number of piperidine rings is 1. The zero-order chi connectivity index (χ0) is 18.4. The van der Waals surface area contributed by atoms with E-state index in [9.17, 15) is 9.18 Å². The van der Waals surface area contributed by atoms with Gasteiger partial charge in [-0.15, -0.1) is 0 Å². The molecule has 1 aliphatic rings. The smallest absolute Gasteiger partial charge is 0.227 e. The van der Waals surface area contributed by atoms with Gasteiger partial charge in [-0.3, -0.25) is 4.79 Å². The highest BCUT2D eigenvalue weighted by Crippen LogP contribution is 2.31. The van der Waals surface area contributed by atoms with Crippen LogP contribution in [-0.4, -0.2) is 30.5 Å². The van der Waals surface area contributed by atoms with Gasteiger partial charge in [0.1, 0.15) is 18.2 Å². The first kappa shape index (κ1) is 18.4. The van der Waals surface area contributed by atoms with Gasteiger partial charge in [0.15, 0.2) is 0 Å². The van der Waals surface area contributed by atoms with E-state index >= 15 is 0 Å². The van der Waals surface area contributed by atoms with Crippen LogP contribution in [0.25, 0.3) is 0 Å². The molecule has 1 fully saturated rings. The molecule has 1 atom stereocenters. The van der Waals surface area contributed by atoms with Crippen LogP contribution >= 0.6 is 0 Å². The molecule has 0 bridgehead atoms. The third-order valence-electron chi connectivity index (χ3n) is 4.72. The maximum Gasteiger partial charge on any atom is 0.227 e. The molecular weight excluding hydrogens is 331 g/mol. The number of ether oxygens (including phenoxy) is 1. The number of carbonyl (C=O) groups is 1. The third-order valence-corrected chi connectivity index (χ3v) is 4.72. The van der Waals surface area contributed by atoms with Crippen molar-refractivity contribution in [3.8, 4) is 5.75 Å². The van der Waals surface area contributed by atoms with Crippen molar-refractivity contribution in [2.45, 2.75) is 31.7 Å². The molecule has 2 aromatic carbocycles. The number of likely N-dealkylation sites (tertiary alicyclic amines) is 1. The Kier molecular flexibility index (Phi) is 6.23. The number of benzene rings is 2. The monoisotopic (exact) mass is 356 g/mol. The van der Waals surface area contributed by atoms with Crippen LogP contribution in [0.3, 0.4) is 0 Å². The number of nitrogens with zero attached hydrogens (tertiary/aromatic N) is 1. The molecule has 0 aliphatic carbocycles. The highest BCUT2D eigenvalue weighted by Gasteiger charge is 2.28. The number of rotatable bonds is 6. The summed E-state index contributed by atoms with van der Waals surface area (Å²) >= 11 is 0. The maximum atomic E-state index is 13.6. The zero-order valence-corrected chi connectivity index (χ0v) is 14.9. The molecule has 0 saturated carbocycles. The van der Waals surface area contributed by atoms with Crippen LogP contribution in [-0.2, 0) is 11.2 Å². The lowest BCUT2D eigenvalue weighted by molar-refractivity contribution is -0.134. The lowest BCUT2D eigenvalue weighted by atomic mass is 9.94. The van der Waals surface area contributed by atoms with Crippen LogP contribution in [0.1, 0.15) is 36.4 Å². The quantitative estimate of drug-likeness (QED) is 0.862. The number of amides is 1. The van der Waals surface area contributed by atoms with E-state index in [4.69, 9.17) is 10.5 Å². The average Bonchev–Trinajstić information content (AvgIpc) is 2.67. The zero-order valence-electron chi connectivity index (χ0n) is 14.9. The largest absolute Gasteiger partial charge is 0.492 e. The summed E-state index contributed by atoms with van der Waals surface area (Å²) in [6.45, 7) is 1.66. The molecule has 5 heteroatoms. The molecule has 4 nitrogen and oxygen atoms in total. The van der Waals surface area contributed by atoms with Crippen LogP contribution in [0.5, 0.6) is 5.75 Å². The lowest BCUT2D eigenvalue weighted by Crippen LogP contribution is -2.39. The summed E-state index contributed by atoms with van der Waals surface area (Å²) in [6, 6.07) is 14.1. The Labute approximate surface area is 153 Å². The molecule has 1 amide bonds. The fourth-order valence-corrected chi connectivity index (χ4v) is 3.45. The van der Waals surface area contributed by atoms with Gasteiger partial charge in [0.25, 0.3) is 0 Å². The van der Waals surface area contributed by atoms with E-state index in [0.29, 0.717) is 19.6 Å². The van der Waals surface area contributed by atoms with Crippen LogP contribution < -0.4 is 10.5 Å². The van der Waals surface area contributed by atoms with E-state index in [1.54, 1.807) is 12.1 Å². The Morgan fingerprint density at radius 1 is 1.19 bits per heavy atom. The Morgan fingerprint density at radius 2 is 2.00 bits per heavy atom. The molecule has 1 heterocycles. The summed E-state index contributed by atoms with van der Waals surface area (Å²) in [5, 5.41) is 0. The molecule has 0 unspecified atom stereocenters. The number of nitrogens with two attached hydrogens (primary N) is 1. The van der Waals surface area contributed by atoms with Gasteiger partial charge in [0.05, 0.1) is 12.5 Å². The second kappa shape index (κ2) is 8.81. The van der Waals surface area contributed by atoms with Crippen LogP contribution in [0.15, 0.2) is 48.5 Å². The van der Waals surface area contributed by atoms with Crippen molar-refractivity contribution in [3.63, 3.8) is 0 Å². The first-order valence-electron chi connectivity index (χ1n) is 9.14. The molecule has 138 valence electrons. The van der Waals surface area contributed by atoms with E-state index < -0.39 is 0 Å². The van der Waals surface area contributed by atoms with E-state index in [1.807, 2.05) is 35.2 Å². The minimum atomic E-state index is -0.256. The molecule has 1 aliphatic heterocycles. The summed E-state index contributed by atoms with van der Waals surface area (Å²) in [5.41, 5.74) is 7.25. The summed E-state index contributed by atoms with van der Waals surface area (Å²) in [6.07, 6.45) is 3.26. The van der Waals surface area contributed by atoms with Gasteiger partial charge in [-0.2, -0.15) is 0 Å². The van der Waals surface area contributed by atoms with Gasteiger partial charge in [0, 0.05) is 13.1 Å². The lowest BCUT2D eigenvalue weighted by Gasteiger charge is -2.36. The van der Waals surface area contributed by atoms with Gasteiger partial charge >= 0.3 is 0 Å². The number of carbonyl (C=O) groups excluding carboxylic acids is 1. The van der Waals surface area contributed by atoms with Crippen molar-refractivity contribution in [2.75, 3.05) is 19.7 Å². The van der Waals surface area contributed by atoms with Crippen molar-refractivity contribution >= 4 is 5.91 Å². The average molecular weight is 356 g/mol. The van der Waals surface area contributed by atoms with E-state index in [-0.39, 0.29) is 17.8 Å². The standard InChI is InChI=1S/C21H25FN2O2/c22-18-5-3-4-17(15-18)20-6-1-2-12-24(20)21(25)14-16-7-9-19(10-8-16)26-13-11-23/h3-5,7-10,15,20H,1-2,6,11-14,23H2/t20-/m1/s1. The minimum Gasteiger partial charge on any atom is -0.492 e. The highest BCUT2D eigenvalue weighted by molar-refractivity contribution is 5.79. The van der Waals surface area contributed by atoms with E-state index in [0.717, 1.165) is 42.7 Å². The Hall–Kier alpha value is -2.40. The van der Waals surface area contributed by atoms with Crippen molar-refractivity contribution < 1.29 is 13.9 Å². The summed E-state index contributed by atoms with van der Waals surface area (Å²) in [5.74, 6) is 0.574. The summed E-state index contributed by atoms with van der Waals surface area (Å²) < 4.78 is 19.1. The van der Waals surface area contributed by atoms with E-state index in [2.05, 4.69) is 0 Å². The molecule has 26 heavy (non-hydrogen) atoms. The molecule has 3 rings (SSSR count). The Balaban J connectivity index is 1.68. The van der Waals surface area contributed by atoms with Gasteiger partial charge in [-0.05, 0) is 54.7 Å². The maximum absolute atomic E-state index is 13.6. The van der Waals surface area contributed by atoms with Crippen molar-refractivity contribution in [2.24, 2.45) is 5.73 Å². The van der Waals surface area contributed by atoms with Crippen molar-refractivity contribution in [3.05, 3.63) is 65.5 Å². The van der Waals surface area contributed by atoms with Gasteiger partial charge in [0.2, 0.25) is 5.91 Å². The molecular formula is C21H25FN2O2. The van der Waals surface area contributed by atoms with Crippen LogP contribution in [0.2, 0.25) is 0 Å². The third kappa shape index (κ3) is 4.61. The van der Waals surface area contributed by atoms with Crippen LogP contribution in [0.4, 0.5) is 4.39 Å². The van der Waals surface area contributed by atoms with Crippen LogP contribution in [0, 0.1) is 5.82 Å². The normalized spacial score (nSPS) is 17.2. The predicted molar refractivity (Wildman–Crippen MR) is 99.4 cm³/mol. The highest BCUT2D eigenvalue weighted by atomic mass is 19.1. The Morgan fingerprint density at radius 3 is 2.73 bits per heavy atom. The van der Waals surface area contributed by atoms with E-state index in [1.165, 1.54) is 6.07 Å². The molecule has 1 saturated heterocycles. The SMILES string of the molecule is NCCOc1ccc(CC(=O)N2CCCC[C@@H]2c2cccc(F)c2)cc1. The molecule has 2 aromatic rings. The molecule has 0 spiro atoms. The first-order valence-corrected chi connectivity index (χ1v) is 9.14. The van der Waals surface area contributed by atoms with Crippen molar-refractivity contribution in [1.29, 1.82) is 0 Å². The minimum absolute atomic E-state index is 0.0425. The summed E-state index contributed by atoms with van der Waals surface area (Å²) in [7, 11) is 0. The number of hydrogen-bond donors (Lipinski definition) is 1. The molecule has 2 N–H and O–H groups in total. The predicted octanol–water partition coefficient (Wildman–Crippen LogP) is 3.46. The van der Waals surface area contributed by atoms with Crippen molar-refractivity contribution in [1.82, 2.24) is 4.90 Å². The number of hydrogen-bond acceptors (Lipinski definition) is 3.